The molecule has 2 amide bonds. The molecule has 2 aromatic heterocycles. The molecule has 1 fully saturated rings. The number of pyridine rings is 1. The summed E-state index contributed by atoms with van der Waals surface area (Å²) in [6.45, 7) is 9.34. The monoisotopic (exact) mass is 592 g/mol. The van der Waals surface area contributed by atoms with Crippen LogP contribution in [0.4, 0.5) is 0 Å². The molecule has 0 saturated carbocycles. The Bertz CT molecular complexity index is 1380. The summed E-state index contributed by atoms with van der Waals surface area (Å²) in [6, 6.07) is 13.1. The molecule has 0 atom stereocenters. The van der Waals surface area contributed by atoms with Crippen LogP contribution >= 0.6 is 0 Å². The maximum atomic E-state index is 12.9. The molecule has 3 heterocycles. The minimum absolute atomic E-state index is 0.0165. The third-order valence-corrected chi connectivity index (χ3v) is 8.57. The number of hydrogen-bond acceptors (Lipinski definition) is 6. The van der Waals surface area contributed by atoms with Gasteiger partial charge in [-0.2, -0.15) is 0 Å². The number of carbonyl (C=O) groups excluding carboxylic acids is 2. The van der Waals surface area contributed by atoms with Crippen LogP contribution in [-0.4, -0.2) is 80.1 Å². The van der Waals surface area contributed by atoms with Crippen molar-refractivity contribution in [3.05, 3.63) is 70.1 Å². The molecule has 4 rings (SSSR count). The molecule has 1 radical (unpaired) electrons. The van der Waals surface area contributed by atoms with Crippen molar-refractivity contribution in [1.29, 1.82) is 0 Å². The van der Waals surface area contributed by atoms with Gasteiger partial charge in [-0.15, -0.1) is 0 Å². The van der Waals surface area contributed by atoms with Gasteiger partial charge in [-0.3, -0.25) is 0 Å². The first-order valence-corrected chi connectivity index (χ1v) is 15.0. The zero-order valence-electron chi connectivity index (χ0n) is 22.9. The van der Waals surface area contributed by atoms with E-state index in [0.717, 1.165) is 22.0 Å². The molecular formula is C29H35AsN5O4. The SMILES string of the molecule is Cn1nc(-c2cccc(CC(=O)NCCC(C)(C)C)c2)cc([As]c2ccc(C(=O)N3CCOCC3)cn2)c1=O. The topological polar surface area (TPSA) is 106 Å². The van der Waals surface area contributed by atoms with Crippen molar-refractivity contribution >= 4 is 36.4 Å². The first kappa shape index (κ1) is 28.7. The summed E-state index contributed by atoms with van der Waals surface area (Å²) in [5.41, 5.74) is 2.92. The Kier molecular flexibility index (Phi) is 9.35. The Balaban J connectivity index is 1.46. The number of nitrogens with zero attached hydrogens (tertiary/aromatic N) is 4. The number of nitrogens with one attached hydrogen (secondary N) is 1. The van der Waals surface area contributed by atoms with E-state index in [1.807, 2.05) is 36.4 Å². The Morgan fingerprint density at radius 2 is 1.87 bits per heavy atom. The molecular weight excluding hydrogens is 557 g/mol. The molecule has 1 aromatic carbocycles. The normalized spacial score (nSPS) is 14.1. The van der Waals surface area contributed by atoms with Gasteiger partial charge in [0.1, 0.15) is 0 Å². The van der Waals surface area contributed by atoms with Crippen molar-refractivity contribution in [2.45, 2.75) is 33.6 Å². The molecule has 205 valence electrons. The van der Waals surface area contributed by atoms with Gasteiger partial charge in [-0.05, 0) is 0 Å². The Morgan fingerprint density at radius 1 is 1.10 bits per heavy atom. The molecule has 0 unspecified atom stereocenters. The maximum absolute atomic E-state index is 12.9. The van der Waals surface area contributed by atoms with E-state index in [4.69, 9.17) is 4.74 Å². The second kappa shape index (κ2) is 12.7. The zero-order chi connectivity index (χ0) is 28.0. The number of carbonyl (C=O) groups is 2. The van der Waals surface area contributed by atoms with Gasteiger partial charge < -0.3 is 0 Å². The van der Waals surface area contributed by atoms with Crippen molar-refractivity contribution in [3.8, 4) is 11.3 Å². The number of amides is 2. The summed E-state index contributed by atoms with van der Waals surface area (Å²) in [6.07, 6.45) is 2.78. The van der Waals surface area contributed by atoms with E-state index in [1.165, 1.54) is 4.68 Å². The first-order valence-electron chi connectivity index (χ1n) is 13.1. The van der Waals surface area contributed by atoms with E-state index in [0.29, 0.717) is 48.5 Å². The van der Waals surface area contributed by atoms with E-state index in [1.54, 1.807) is 24.2 Å². The average molecular weight is 593 g/mol. The Hall–Kier alpha value is -3.29. The second-order valence-electron chi connectivity index (χ2n) is 10.8. The molecule has 0 aliphatic carbocycles. The fourth-order valence-electron chi connectivity index (χ4n) is 4.13. The van der Waals surface area contributed by atoms with Gasteiger partial charge in [0.15, 0.2) is 0 Å². The van der Waals surface area contributed by atoms with Crippen molar-refractivity contribution in [2.24, 2.45) is 12.5 Å². The molecule has 0 bridgehead atoms. The molecule has 1 aliphatic heterocycles. The van der Waals surface area contributed by atoms with Gasteiger partial charge in [0.25, 0.3) is 0 Å². The van der Waals surface area contributed by atoms with E-state index in [-0.39, 0.29) is 29.2 Å². The van der Waals surface area contributed by atoms with Crippen molar-refractivity contribution in [1.82, 2.24) is 25.0 Å². The van der Waals surface area contributed by atoms with E-state index < -0.39 is 15.8 Å². The Morgan fingerprint density at radius 3 is 2.56 bits per heavy atom. The van der Waals surface area contributed by atoms with E-state index in [9.17, 15) is 14.4 Å². The number of morpholine rings is 1. The third-order valence-electron chi connectivity index (χ3n) is 6.36. The van der Waals surface area contributed by atoms with Crippen LogP contribution in [0.2, 0.25) is 0 Å². The van der Waals surface area contributed by atoms with Gasteiger partial charge in [0.05, 0.1) is 0 Å². The molecule has 39 heavy (non-hydrogen) atoms. The number of ether oxygens (including phenoxy) is 1. The summed E-state index contributed by atoms with van der Waals surface area (Å²) < 4.78 is 8.09. The van der Waals surface area contributed by atoms with Gasteiger partial charge >= 0.3 is 215 Å². The second-order valence-corrected chi connectivity index (χ2v) is 13.2. The van der Waals surface area contributed by atoms with Crippen LogP contribution in [0.3, 0.4) is 0 Å². The standard InChI is InChI=1S/C29H35AsN5O4/c1-29(2,3)10-11-31-26(36)17-20-6-5-7-21(16-20)24-18-23(28(38)34(4)33-24)30-25-9-8-22(19-32-25)27(37)35-12-14-39-15-13-35/h5-9,16,18-19H,10-15,17H2,1-4H3,(H,31,36). The summed E-state index contributed by atoms with van der Waals surface area (Å²) >= 11 is -0.721. The molecule has 3 aromatic rings. The minimum atomic E-state index is -0.721. The molecule has 1 N–H and O–H groups in total. The van der Waals surface area contributed by atoms with Crippen molar-refractivity contribution in [2.75, 3.05) is 32.8 Å². The molecule has 1 aliphatic rings. The van der Waals surface area contributed by atoms with Gasteiger partial charge in [-0.1, -0.05) is 20.8 Å². The van der Waals surface area contributed by atoms with E-state index in [2.05, 4.69) is 36.2 Å². The van der Waals surface area contributed by atoms with Crippen LogP contribution in [0, 0.1) is 5.41 Å². The summed E-state index contributed by atoms with van der Waals surface area (Å²) in [4.78, 5) is 44.3. The zero-order valence-corrected chi connectivity index (χ0v) is 24.8. The number of rotatable bonds is 8. The van der Waals surface area contributed by atoms with Crippen molar-refractivity contribution < 1.29 is 14.3 Å². The predicted octanol–water partition coefficient (Wildman–Crippen LogP) is 1.06. The van der Waals surface area contributed by atoms with Gasteiger partial charge in [-0.25, -0.2) is 0 Å². The van der Waals surface area contributed by atoms with Crippen LogP contribution in [0.5, 0.6) is 0 Å². The number of aromatic nitrogens is 3. The molecule has 10 heteroatoms. The molecule has 9 nitrogen and oxygen atoms in total. The van der Waals surface area contributed by atoms with Gasteiger partial charge in [0, 0.05) is 0 Å². The summed E-state index contributed by atoms with van der Waals surface area (Å²) in [7, 11) is 1.64. The van der Waals surface area contributed by atoms with Crippen LogP contribution in [-0.2, 0) is 23.0 Å². The van der Waals surface area contributed by atoms with Gasteiger partial charge in [0.2, 0.25) is 0 Å². The fourth-order valence-corrected chi connectivity index (χ4v) is 6.10. The molecule has 1 saturated heterocycles. The quantitative estimate of drug-likeness (QED) is 0.393. The third kappa shape index (κ3) is 8.10. The summed E-state index contributed by atoms with van der Waals surface area (Å²) in [5.74, 6) is -0.0735. The number of aryl methyl sites for hydroxylation is 1. The van der Waals surface area contributed by atoms with Crippen LogP contribution in [0.25, 0.3) is 11.3 Å². The summed E-state index contributed by atoms with van der Waals surface area (Å²) in [5, 5.41) is 7.47. The average Bonchev–Trinajstić information content (AvgIpc) is 2.91. The Labute approximate surface area is 235 Å². The first-order chi connectivity index (χ1) is 18.6. The van der Waals surface area contributed by atoms with E-state index >= 15 is 0 Å². The molecule has 0 spiro atoms. The fraction of sp³-hybridized carbons (Fsp3) is 0.414. The van der Waals surface area contributed by atoms with Crippen molar-refractivity contribution in [3.63, 3.8) is 0 Å². The van der Waals surface area contributed by atoms with Crippen LogP contribution in [0.1, 0.15) is 43.1 Å². The van der Waals surface area contributed by atoms with Crippen LogP contribution < -0.4 is 19.7 Å². The number of benzene rings is 1. The number of hydrogen-bond donors (Lipinski definition) is 1. The predicted molar refractivity (Wildman–Crippen MR) is 152 cm³/mol. The van der Waals surface area contributed by atoms with Crippen LogP contribution in [0.15, 0.2) is 53.5 Å².